The minimum absolute atomic E-state index is 0.0138. The molecule has 0 aromatic carbocycles. The smallest absolute Gasteiger partial charge is 0.251 e. The van der Waals surface area contributed by atoms with Gasteiger partial charge in [-0.15, -0.1) is 0 Å². The highest BCUT2D eigenvalue weighted by atomic mass is 16.1. The first-order valence-corrected chi connectivity index (χ1v) is 4.07. The van der Waals surface area contributed by atoms with Crippen molar-refractivity contribution < 1.29 is 4.79 Å². The van der Waals surface area contributed by atoms with Crippen LogP contribution >= 0.6 is 0 Å². The second-order valence-electron chi connectivity index (χ2n) is 2.98. The third kappa shape index (κ3) is 1.61. The third-order valence-corrected chi connectivity index (χ3v) is 1.86. The summed E-state index contributed by atoms with van der Waals surface area (Å²) in [6.07, 6.45) is 5.50. The highest BCUT2D eigenvalue weighted by Crippen LogP contribution is 2.19. The van der Waals surface area contributed by atoms with E-state index in [1.807, 2.05) is 0 Å². The molecule has 3 heteroatoms. The lowest BCUT2D eigenvalue weighted by molar-refractivity contribution is 0.0951. The van der Waals surface area contributed by atoms with E-state index in [9.17, 15) is 4.79 Å². The lowest BCUT2D eigenvalue weighted by Gasteiger charge is -2.00. The molecule has 2 rings (SSSR count). The number of hydrogen-bond donors (Lipinski definition) is 1. The van der Waals surface area contributed by atoms with Crippen LogP contribution < -0.4 is 5.32 Å². The number of aromatic nitrogens is 1. The van der Waals surface area contributed by atoms with Crippen molar-refractivity contribution in [1.29, 1.82) is 0 Å². The summed E-state index contributed by atoms with van der Waals surface area (Å²) in [4.78, 5) is 15.2. The number of nitrogens with one attached hydrogen (secondary N) is 1. The van der Waals surface area contributed by atoms with Gasteiger partial charge in [-0.2, -0.15) is 0 Å². The van der Waals surface area contributed by atoms with Gasteiger partial charge in [-0.25, -0.2) is 0 Å². The fourth-order valence-corrected chi connectivity index (χ4v) is 1.000. The van der Waals surface area contributed by atoms with E-state index in [-0.39, 0.29) is 5.91 Å². The van der Waals surface area contributed by atoms with Gasteiger partial charge in [0, 0.05) is 24.0 Å². The molecule has 3 nitrogen and oxygen atoms in total. The van der Waals surface area contributed by atoms with Crippen LogP contribution in [-0.2, 0) is 0 Å². The Hall–Kier alpha value is -1.38. The summed E-state index contributed by atoms with van der Waals surface area (Å²) in [5.41, 5.74) is 0.692. The third-order valence-electron chi connectivity index (χ3n) is 1.86. The van der Waals surface area contributed by atoms with Crippen LogP contribution in [0, 0.1) is 0 Å². The van der Waals surface area contributed by atoms with E-state index in [0.29, 0.717) is 11.6 Å². The Bertz CT molecular complexity index is 280. The van der Waals surface area contributed by atoms with Crippen molar-refractivity contribution in [3.63, 3.8) is 0 Å². The van der Waals surface area contributed by atoms with Gasteiger partial charge in [0.2, 0.25) is 0 Å². The molecule has 0 saturated heterocycles. The lowest BCUT2D eigenvalue weighted by atomic mass is 10.2. The molecule has 0 radical (unpaired) electrons. The second-order valence-corrected chi connectivity index (χ2v) is 2.98. The zero-order valence-corrected chi connectivity index (χ0v) is 6.66. The van der Waals surface area contributed by atoms with Gasteiger partial charge < -0.3 is 5.32 Å². The van der Waals surface area contributed by atoms with Crippen LogP contribution in [0.1, 0.15) is 23.2 Å². The van der Waals surface area contributed by atoms with Crippen molar-refractivity contribution >= 4 is 5.91 Å². The average Bonchev–Trinajstić information content (AvgIpc) is 2.90. The summed E-state index contributed by atoms with van der Waals surface area (Å²) in [5, 5.41) is 2.90. The van der Waals surface area contributed by atoms with Crippen molar-refractivity contribution in [1.82, 2.24) is 10.3 Å². The molecule has 1 N–H and O–H groups in total. The summed E-state index contributed by atoms with van der Waals surface area (Å²) in [7, 11) is 0. The van der Waals surface area contributed by atoms with Crippen LogP contribution in [0.3, 0.4) is 0 Å². The Morgan fingerprint density at radius 1 is 1.42 bits per heavy atom. The lowest BCUT2D eigenvalue weighted by Crippen LogP contribution is -2.25. The van der Waals surface area contributed by atoms with Gasteiger partial charge in [0.1, 0.15) is 0 Å². The largest absolute Gasteiger partial charge is 0.349 e. The van der Waals surface area contributed by atoms with Gasteiger partial charge in [0.15, 0.2) is 0 Å². The fraction of sp³-hybridized carbons (Fsp3) is 0.333. The number of carbonyl (C=O) groups excluding carboxylic acids is 1. The number of nitrogens with zero attached hydrogens (tertiary/aromatic N) is 1. The zero-order valence-electron chi connectivity index (χ0n) is 6.66. The maximum atomic E-state index is 11.4. The van der Waals surface area contributed by atoms with Gasteiger partial charge in [-0.05, 0) is 25.0 Å². The number of carbonyl (C=O) groups is 1. The molecule has 1 aliphatic rings. The monoisotopic (exact) mass is 162 g/mol. The van der Waals surface area contributed by atoms with Crippen LogP contribution in [0.25, 0.3) is 0 Å². The molecule has 1 fully saturated rings. The van der Waals surface area contributed by atoms with E-state index in [4.69, 9.17) is 0 Å². The maximum Gasteiger partial charge on any atom is 0.251 e. The first-order chi connectivity index (χ1) is 5.86. The molecule has 0 bridgehead atoms. The van der Waals surface area contributed by atoms with Crippen LogP contribution in [0.5, 0.6) is 0 Å². The SMILES string of the molecule is O=C(NC1CC1)c1ccncc1. The van der Waals surface area contributed by atoms with E-state index in [2.05, 4.69) is 10.3 Å². The molecule has 1 heterocycles. The average molecular weight is 162 g/mol. The molecule has 1 amide bonds. The minimum atomic E-state index is 0.0138. The molecule has 1 aromatic rings. The Labute approximate surface area is 70.8 Å². The molecule has 1 saturated carbocycles. The number of pyridine rings is 1. The van der Waals surface area contributed by atoms with Crippen molar-refractivity contribution in [2.24, 2.45) is 0 Å². The molecule has 1 aromatic heterocycles. The predicted molar refractivity (Wildman–Crippen MR) is 44.7 cm³/mol. The number of amides is 1. The van der Waals surface area contributed by atoms with Crippen LogP contribution in [0.15, 0.2) is 24.5 Å². The molecular formula is C9H10N2O. The van der Waals surface area contributed by atoms with E-state index < -0.39 is 0 Å². The van der Waals surface area contributed by atoms with Gasteiger partial charge in [-0.3, -0.25) is 9.78 Å². The van der Waals surface area contributed by atoms with Crippen molar-refractivity contribution in [3.05, 3.63) is 30.1 Å². The quantitative estimate of drug-likeness (QED) is 0.704. The highest BCUT2D eigenvalue weighted by Gasteiger charge is 2.23. The van der Waals surface area contributed by atoms with Gasteiger partial charge >= 0.3 is 0 Å². The van der Waals surface area contributed by atoms with Gasteiger partial charge in [0.25, 0.3) is 5.91 Å². The Balaban J connectivity index is 2.03. The Kier molecular flexibility index (Phi) is 1.78. The fourth-order valence-electron chi connectivity index (χ4n) is 1.000. The summed E-state index contributed by atoms with van der Waals surface area (Å²) in [6.45, 7) is 0. The van der Waals surface area contributed by atoms with Crippen LogP contribution in [-0.4, -0.2) is 16.9 Å². The van der Waals surface area contributed by atoms with Gasteiger partial charge in [0.05, 0.1) is 0 Å². The zero-order chi connectivity index (χ0) is 8.39. The van der Waals surface area contributed by atoms with Crippen molar-refractivity contribution in [2.45, 2.75) is 18.9 Å². The summed E-state index contributed by atoms with van der Waals surface area (Å²) in [5.74, 6) is 0.0138. The van der Waals surface area contributed by atoms with Crippen LogP contribution in [0.4, 0.5) is 0 Å². The molecule has 12 heavy (non-hydrogen) atoms. The molecule has 0 atom stereocenters. The normalized spacial score (nSPS) is 15.7. The van der Waals surface area contributed by atoms with Crippen molar-refractivity contribution in [3.8, 4) is 0 Å². The van der Waals surface area contributed by atoms with Crippen molar-refractivity contribution in [2.75, 3.05) is 0 Å². The van der Waals surface area contributed by atoms with E-state index in [1.165, 1.54) is 0 Å². The van der Waals surface area contributed by atoms with E-state index in [0.717, 1.165) is 12.8 Å². The Morgan fingerprint density at radius 2 is 2.08 bits per heavy atom. The summed E-state index contributed by atoms with van der Waals surface area (Å²) in [6, 6.07) is 3.86. The highest BCUT2D eigenvalue weighted by molar-refractivity contribution is 5.94. The first-order valence-electron chi connectivity index (χ1n) is 4.07. The number of rotatable bonds is 2. The molecule has 62 valence electrons. The van der Waals surface area contributed by atoms with E-state index in [1.54, 1.807) is 24.5 Å². The molecule has 0 spiro atoms. The minimum Gasteiger partial charge on any atom is -0.349 e. The van der Waals surface area contributed by atoms with Gasteiger partial charge in [-0.1, -0.05) is 0 Å². The molecule has 1 aliphatic carbocycles. The first kappa shape index (κ1) is 7.28. The topological polar surface area (TPSA) is 42.0 Å². The molecule has 0 unspecified atom stereocenters. The van der Waals surface area contributed by atoms with Crippen LogP contribution in [0.2, 0.25) is 0 Å². The summed E-state index contributed by atoms with van der Waals surface area (Å²) >= 11 is 0. The maximum absolute atomic E-state index is 11.4. The Morgan fingerprint density at radius 3 is 2.67 bits per heavy atom. The van der Waals surface area contributed by atoms with E-state index >= 15 is 0 Å². The standard InChI is InChI=1S/C9H10N2O/c12-9(11-8-1-2-8)7-3-5-10-6-4-7/h3-6,8H,1-2H2,(H,11,12). The second kappa shape index (κ2) is 2.93. The predicted octanol–water partition coefficient (Wildman–Crippen LogP) is 0.974. The summed E-state index contributed by atoms with van der Waals surface area (Å²) < 4.78 is 0. The molecule has 0 aliphatic heterocycles. The number of hydrogen-bond acceptors (Lipinski definition) is 2. The molecular weight excluding hydrogens is 152 g/mol.